The van der Waals surface area contributed by atoms with Crippen molar-refractivity contribution >= 4 is 11.4 Å². The predicted molar refractivity (Wildman–Crippen MR) is 71.6 cm³/mol. The summed E-state index contributed by atoms with van der Waals surface area (Å²) in [5, 5.41) is 0. The van der Waals surface area contributed by atoms with E-state index in [1.54, 1.807) is 0 Å². The fraction of sp³-hybridized carbons (Fsp3) is 0.357. The van der Waals surface area contributed by atoms with E-state index in [1.807, 2.05) is 26.0 Å². The first kappa shape index (κ1) is 11.1. The molecule has 1 aromatic heterocycles. The van der Waals surface area contributed by atoms with Gasteiger partial charge >= 0.3 is 0 Å². The first-order valence-electron chi connectivity index (χ1n) is 6.20. The van der Waals surface area contributed by atoms with Gasteiger partial charge in [-0.1, -0.05) is 12.1 Å². The summed E-state index contributed by atoms with van der Waals surface area (Å²) < 4.78 is 5.64. The zero-order chi connectivity index (χ0) is 12.7. The molecule has 2 aromatic rings. The number of rotatable bonds is 2. The Bertz CT molecular complexity index is 569. The number of nitrogen functional groups attached to an aromatic ring is 1. The third-order valence-corrected chi connectivity index (χ3v) is 3.52. The molecule has 0 aliphatic carbocycles. The zero-order valence-corrected chi connectivity index (χ0v) is 10.7. The van der Waals surface area contributed by atoms with Crippen molar-refractivity contribution in [2.24, 2.45) is 0 Å². The van der Waals surface area contributed by atoms with Gasteiger partial charge in [-0.2, -0.15) is 0 Å². The number of aromatic nitrogens is 1. The standard InChI is InChI=1S/C14H17N3O/c1-9-10(2)18-13(16-9)8-17-7-6-11-4-3-5-12(15)14(11)17/h3-5H,6-8,15H2,1-2H3. The lowest BCUT2D eigenvalue weighted by Crippen LogP contribution is -2.20. The molecule has 0 amide bonds. The van der Waals surface area contributed by atoms with Crippen LogP contribution < -0.4 is 10.6 Å². The number of nitrogens with zero attached hydrogens (tertiary/aromatic N) is 2. The third kappa shape index (κ3) is 1.74. The zero-order valence-electron chi connectivity index (χ0n) is 10.7. The Morgan fingerprint density at radius 3 is 2.94 bits per heavy atom. The van der Waals surface area contributed by atoms with Gasteiger partial charge < -0.3 is 15.1 Å². The maximum Gasteiger partial charge on any atom is 0.214 e. The summed E-state index contributed by atoms with van der Waals surface area (Å²) >= 11 is 0. The van der Waals surface area contributed by atoms with Crippen molar-refractivity contribution in [3.8, 4) is 0 Å². The summed E-state index contributed by atoms with van der Waals surface area (Å²) in [6, 6.07) is 6.10. The highest BCUT2D eigenvalue weighted by Gasteiger charge is 2.22. The molecule has 0 atom stereocenters. The van der Waals surface area contributed by atoms with Gasteiger partial charge in [-0.3, -0.25) is 0 Å². The summed E-state index contributed by atoms with van der Waals surface area (Å²) in [5.74, 6) is 1.66. The van der Waals surface area contributed by atoms with Gasteiger partial charge in [-0.05, 0) is 31.9 Å². The van der Waals surface area contributed by atoms with Crippen LogP contribution >= 0.6 is 0 Å². The Balaban J connectivity index is 1.89. The van der Waals surface area contributed by atoms with E-state index in [0.29, 0.717) is 6.54 Å². The second-order valence-corrected chi connectivity index (χ2v) is 4.78. The van der Waals surface area contributed by atoms with Gasteiger partial charge in [-0.25, -0.2) is 4.98 Å². The van der Waals surface area contributed by atoms with Crippen LogP contribution in [-0.2, 0) is 13.0 Å². The highest BCUT2D eigenvalue weighted by molar-refractivity contribution is 5.74. The molecule has 1 aromatic carbocycles. The van der Waals surface area contributed by atoms with Gasteiger partial charge in [0.25, 0.3) is 0 Å². The third-order valence-electron chi connectivity index (χ3n) is 3.52. The Kier molecular flexibility index (Phi) is 2.51. The van der Waals surface area contributed by atoms with Crippen LogP contribution in [-0.4, -0.2) is 11.5 Å². The Labute approximate surface area is 106 Å². The first-order chi connectivity index (χ1) is 8.65. The SMILES string of the molecule is Cc1nc(CN2CCc3cccc(N)c32)oc1C. The lowest BCUT2D eigenvalue weighted by molar-refractivity contribution is 0.466. The number of fused-ring (bicyclic) bond motifs is 1. The second kappa shape index (κ2) is 4.05. The lowest BCUT2D eigenvalue weighted by Gasteiger charge is -2.18. The van der Waals surface area contributed by atoms with Crippen LogP contribution in [0.5, 0.6) is 0 Å². The molecule has 2 N–H and O–H groups in total. The number of benzene rings is 1. The van der Waals surface area contributed by atoms with E-state index in [4.69, 9.17) is 10.2 Å². The monoisotopic (exact) mass is 243 g/mol. The minimum Gasteiger partial charge on any atom is -0.444 e. The number of para-hydroxylation sites is 1. The van der Waals surface area contributed by atoms with Crippen LogP contribution in [0, 0.1) is 13.8 Å². The summed E-state index contributed by atoms with van der Waals surface area (Å²) in [7, 11) is 0. The normalized spacial score (nSPS) is 14.0. The molecule has 0 fully saturated rings. The molecule has 0 spiro atoms. The van der Waals surface area contributed by atoms with E-state index in [1.165, 1.54) is 5.56 Å². The van der Waals surface area contributed by atoms with E-state index in [0.717, 1.165) is 41.7 Å². The second-order valence-electron chi connectivity index (χ2n) is 4.78. The van der Waals surface area contributed by atoms with Crippen LogP contribution in [0.15, 0.2) is 22.6 Å². The summed E-state index contributed by atoms with van der Waals surface area (Å²) in [6.07, 6.45) is 1.04. The topological polar surface area (TPSA) is 55.3 Å². The number of aryl methyl sites for hydroxylation is 2. The average Bonchev–Trinajstić information content (AvgIpc) is 2.86. The molecule has 0 saturated carbocycles. The van der Waals surface area contributed by atoms with Gasteiger partial charge in [0, 0.05) is 6.54 Å². The molecule has 4 nitrogen and oxygen atoms in total. The predicted octanol–water partition coefficient (Wildman–Crippen LogP) is 2.44. The van der Waals surface area contributed by atoms with Crippen molar-refractivity contribution in [1.29, 1.82) is 0 Å². The molecule has 18 heavy (non-hydrogen) atoms. The van der Waals surface area contributed by atoms with Gasteiger partial charge in [0.1, 0.15) is 5.76 Å². The minimum absolute atomic E-state index is 0.690. The molecule has 0 saturated heterocycles. The minimum atomic E-state index is 0.690. The van der Waals surface area contributed by atoms with E-state index in [2.05, 4.69) is 16.0 Å². The molecular formula is C14H17N3O. The smallest absolute Gasteiger partial charge is 0.214 e. The largest absolute Gasteiger partial charge is 0.444 e. The molecule has 1 aliphatic rings. The fourth-order valence-corrected chi connectivity index (χ4v) is 2.49. The van der Waals surface area contributed by atoms with Crippen molar-refractivity contribution in [3.05, 3.63) is 41.1 Å². The van der Waals surface area contributed by atoms with Gasteiger partial charge in [0.2, 0.25) is 5.89 Å². The number of nitrogens with two attached hydrogens (primary N) is 1. The Morgan fingerprint density at radius 1 is 1.39 bits per heavy atom. The van der Waals surface area contributed by atoms with E-state index in [9.17, 15) is 0 Å². The number of anilines is 2. The molecule has 0 radical (unpaired) electrons. The maximum atomic E-state index is 6.06. The van der Waals surface area contributed by atoms with Crippen molar-refractivity contribution in [1.82, 2.24) is 4.98 Å². The molecule has 4 heteroatoms. The van der Waals surface area contributed by atoms with Crippen molar-refractivity contribution < 1.29 is 4.42 Å². The molecule has 2 heterocycles. The quantitative estimate of drug-likeness (QED) is 0.823. The molecule has 0 bridgehead atoms. The fourth-order valence-electron chi connectivity index (χ4n) is 2.49. The number of hydrogen-bond acceptors (Lipinski definition) is 4. The first-order valence-corrected chi connectivity index (χ1v) is 6.20. The highest BCUT2D eigenvalue weighted by Crippen LogP contribution is 2.34. The Morgan fingerprint density at radius 2 is 2.22 bits per heavy atom. The van der Waals surface area contributed by atoms with Crippen molar-refractivity contribution in [2.45, 2.75) is 26.8 Å². The van der Waals surface area contributed by atoms with Gasteiger partial charge in [-0.15, -0.1) is 0 Å². The number of hydrogen-bond donors (Lipinski definition) is 1. The Hall–Kier alpha value is -1.97. The van der Waals surface area contributed by atoms with Gasteiger partial charge in [0.05, 0.1) is 23.6 Å². The van der Waals surface area contributed by atoms with Crippen LogP contribution in [0.1, 0.15) is 22.9 Å². The molecule has 1 aliphatic heterocycles. The van der Waals surface area contributed by atoms with E-state index in [-0.39, 0.29) is 0 Å². The van der Waals surface area contributed by atoms with Gasteiger partial charge in [0.15, 0.2) is 0 Å². The van der Waals surface area contributed by atoms with Crippen LogP contribution in [0.25, 0.3) is 0 Å². The highest BCUT2D eigenvalue weighted by atomic mass is 16.4. The molecule has 0 unspecified atom stereocenters. The van der Waals surface area contributed by atoms with E-state index < -0.39 is 0 Å². The van der Waals surface area contributed by atoms with Crippen molar-refractivity contribution in [3.63, 3.8) is 0 Å². The molecular weight excluding hydrogens is 226 g/mol. The summed E-state index contributed by atoms with van der Waals surface area (Å²) in [6.45, 7) is 5.58. The lowest BCUT2D eigenvalue weighted by atomic mass is 10.1. The summed E-state index contributed by atoms with van der Waals surface area (Å²) in [4.78, 5) is 6.67. The van der Waals surface area contributed by atoms with Crippen LogP contribution in [0.2, 0.25) is 0 Å². The molecule has 94 valence electrons. The maximum absolute atomic E-state index is 6.06. The van der Waals surface area contributed by atoms with E-state index >= 15 is 0 Å². The summed E-state index contributed by atoms with van der Waals surface area (Å²) in [5.41, 5.74) is 10.3. The average molecular weight is 243 g/mol. The molecule has 3 rings (SSSR count). The number of oxazole rings is 1. The van der Waals surface area contributed by atoms with Crippen LogP contribution in [0.4, 0.5) is 11.4 Å². The van der Waals surface area contributed by atoms with Crippen LogP contribution in [0.3, 0.4) is 0 Å². The van der Waals surface area contributed by atoms with Crippen molar-refractivity contribution in [2.75, 3.05) is 17.2 Å².